The molecule has 4 atom stereocenters. The number of hydrogen-bond donors (Lipinski definition) is 1. The summed E-state index contributed by atoms with van der Waals surface area (Å²) >= 11 is 0. The van der Waals surface area contributed by atoms with E-state index in [1.54, 1.807) is 0 Å². The second-order valence-electron chi connectivity index (χ2n) is 6.93. The molecule has 2 aliphatic rings. The summed E-state index contributed by atoms with van der Waals surface area (Å²) in [6.45, 7) is 9.94. The first kappa shape index (κ1) is 15.3. The van der Waals surface area contributed by atoms with Crippen LogP contribution < -0.4 is 0 Å². The van der Waals surface area contributed by atoms with Crippen molar-refractivity contribution in [3.05, 3.63) is 23.3 Å². The number of allylic oxidation sites excluding steroid dienone is 2. The number of carbonyl (C=O) groups excluding carboxylic acids is 1. The molecule has 0 amide bonds. The Morgan fingerprint density at radius 2 is 2.00 bits per heavy atom. The summed E-state index contributed by atoms with van der Waals surface area (Å²) in [4.78, 5) is 11.2. The van der Waals surface area contributed by atoms with Crippen LogP contribution in [0.5, 0.6) is 0 Å². The minimum Gasteiger partial charge on any atom is -0.455 e. The molecule has 0 aliphatic heterocycles. The Hall–Kier alpha value is -1.09. The monoisotopic (exact) mass is 278 g/mol. The predicted octanol–water partition coefficient (Wildman–Crippen LogP) is 3.24. The highest BCUT2D eigenvalue weighted by molar-refractivity contribution is 5.66. The maximum Gasteiger partial charge on any atom is 0.303 e. The van der Waals surface area contributed by atoms with Gasteiger partial charge in [0, 0.05) is 6.92 Å². The fourth-order valence-electron chi connectivity index (χ4n) is 3.44. The average molecular weight is 278 g/mol. The fourth-order valence-corrected chi connectivity index (χ4v) is 3.44. The summed E-state index contributed by atoms with van der Waals surface area (Å²) in [5.41, 5.74) is 2.41. The molecule has 0 aromatic carbocycles. The van der Waals surface area contributed by atoms with Crippen LogP contribution in [0.1, 0.15) is 47.5 Å². The normalized spacial score (nSPS) is 41.5. The maximum atomic E-state index is 11.2. The Kier molecular flexibility index (Phi) is 4.10. The molecule has 112 valence electrons. The van der Waals surface area contributed by atoms with Gasteiger partial charge in [0.15, 0.2) is 0 Å². The molecule has 0 radical (unpaired) electrons. The molecule has 0 heterocycles. The lowest BCUT2D eigenvalue weighted by Gasteiger charge is -2.22. The average Bonchev–Trinajstić information content (AvgIpc) is 2.84. The molecule has 20 heavy (non-hydrogen) atoms. The van der Waals surface area contributed by atoms with Crippen molar-refractivity contribution < 1.29 is 14.6 Å². The van der Waals surface area contributed by atoms with Crippen LogP contribution in [0.25, 0.3) is 0 Å². The van der Waals surface area contributed by atoms with Gasteiger partial charge in [-0.05, 0) is 55.6 Å². The Morgan fingerprint density at radius 1 is 1.35 bits per heavy atom. The van der Waals surface area contributed by atoms with Crippen molar-refractivity contribution >= 4 is 5.97 Å². The van der Waals surface area contributed by atoms with E-state index in [4.69, 9.17) is 4.74 Å². The zero-order valence-electron chi connectivity index (χ0n) is 13.1. The van der Waals surface area contributed by atoms with Crippen LogP contribution in [0.15, 0.2) is 23.3 Å². The fraction of sp³-hybridized carbons (Fsp3) is 0.706. The van der Waals surface area contributed by atoms with E-state index in [9.17, 15) is 9.90 Å². The second kappa shape index (κ2) is 5.36. The van der Waals surface area contributed by atoms with E-state index in [-0.39, 0.29) is 5.97 Å². The molecule has 0 bridgehead atoms. The third-order valence-corrected chi connectivity index (χ3v) is 4.96. The smallest absolute Gasteiger partial charge is 0.303 e. The van der Waals surface area contributed by atoms with E-state index in [0.29, 0.717) is 17.3 Å². The van der Waals surface area contributed by atoms with Crippen LogP contribution in [0.2, 0.25) is 0 Å². The number of rotatable bonds is 1. The Bertz CT molecular complexity index is 459. The summed E-state index contributed by atoms with van der Waals surface area (Å²) in [7, 11) is 0. The number of ether oxygens (including phenoxy) is 1. The molecular weight excluding hydrogens is 252 g/mol. The zero-order chi connectivity index (χ0) is 15.1. The lowest BCUT2D eigenvalue weighted by atomic mass is 9.97. The van der Waals surface area contributed by atoms with Gasteiger partial charge >= 0.3 is 5.97 Å². The molecule has 2 aliphatic carbocycles. The summed E-state index contributed by atoms with van der Waals surface area (Å²) in [5, 5.41) is 10.4. The van der Waals surface area contributed by atoms with Crippen molar-refractivity contribution in [2.75, 3.05) is 0 Å². The number of hydrogen-bond acceptors (Lipinski definition) is 3. The second-order valence-corrected chi connectivity index (χ2v) is 6.93. The van der Waals surface area contributed by atoms with Gasteiger partial charge in [0.25, 0.3) is 0 Å². The van der Waals surface area contributed by atoms with Gasteiger partial charge in [0.05, 0.1) is 0 Å². The molecule has 0 saturated heterocycles. The lowest BCUT2D eigenvalue weighted by Crippen LogP contribution is -2.30. The minimum atomic E-state index is -0.746. The molecule has 0 spiro atoms. The third kappa shape index (κ3) is 2.98. The van der Waals surface area contributed by atoms with Gasteiger partial charge in [-0.3, -0.25) is 4.79 Å². The van der Waals surface area contributed by atoms with Crippen molar-refractivity contribution in [1.82, 2.24) is 0 Å². The molecule has 3 nitrogen and oxygen atoms in total. The number of carbonyl (C=O) groups is 1. The van der Waals surface area contributed by atoms with Gasteiger partial charge in [-0.15, -0.1) is 0 Å². The molecule has 2 rings (SSSR count). The molecule has 0 aromatic heterocycles. The van der Waals surface area contributed by atoms with Crippen LogP contribution in [0.4, 0.5) is 0 Å². The van der Waals surface area contributed by atoms with Crippen LogP contribution >= 0.6 is 0 Å². The first-order valence-corrected chi connectivity index (χ1v) is 7.44. The topological polar surface area (TPSA) is 46.5 Å². The van der Waals surface area contributed by atoms with Crippen molar-refractivity contribution in [3.63, 3.8) is 0 Å². The highest BCUT2D eigenvalue weighted by atomic mass is 16.6. The molecule has 1 saturated carbocycles. The van der Waals surface area contributed by atoms with Crippen molar-refractivity contribution in [2.24, 2.45) is 17.3 Å². The number of aliphatic hydroxyl groups excluding tert-OH is 1. The first-order chi connectivity index (χ1) is 9.23. The van der Waals surface area contributed by atoms with Crippen LogP contribution in [0.3, 0.4) is 0 Å². The SMILES string of the molecule is CC(=O)O[C@H]1/C=C(\C)CC[C@H]2[C@@H](/C=C(\C)[C@@H]1O)C2(C)C. The van der Waals surface area contributed by atoms with E-state index in [1.807, 2.05) is 19.9 Å². The van der Waals surface area contributed by atoms with E-state index < -0.39 is 12.2 Å². The number of fused-ring (bicyclic) bond motifs is 1. The van der Waals surface area contributed by atoms with Crippen molar-refractivity contribution in [3.8, 4) is 0 Å². The van der Waals surface area contributed by atoms with E-state index in [1.165, 1.54) is 12.5 Å². The highest BCUT2D eigenvalue weighted by Crippen LogP contribution is 2.61. The summed E-state index contributed by atoms with van der Waals surface area (Å²) in [5.74, 6) is 0.867. The van der Waals surface area contributed by atoms with Gasteiger partial charge in [-0.1, -0.05) is 25.5 Å². The Balaban J connectivity index is 2.27. The molecular formula is C17H26O3. The van der Waals surface area contributed by atoms with Crippen molar-refractivity contribution in [1.29, 1.82) is 0 Å². The number of aliphatic hydroxyl groups is 1. The highest BCUT2D eigenvalue weighted by Gasteiger charge is 2.55. The predicted molar refractivity (Wildman–Crippen MR) is 79.1 cm³/mol. The largest absolute Gasteiger partial charge is 0.455 e. The molecule has 1 N–H and O–H groups in total. The third-order valence-electron chi connectivity index (χ3n) is 4.96. The maximum absolute atomic E-state index is 11.2. The minimum absolute atomic E-state index is 0.322. The van der Waals surface area contributed by atoms with Gasteiger partial charge in [-0.2, -0.15) is 0 Å². The summed E-state index contributed by atoms with van der Waals surface area (Å²) < 4.78 is 5.27. The standard InChI is InChI=1S/C17H26O3/c1-10-6-7-13-14(17(13,4)5)9-11(2)16(19)15(8-10)20-12(3)18/h8-9,13-16,19H,6-7H2,1-5H3/b10-8+,11-9+/t13-,14+,15-,16-/m0/s1. The quantitative estimate of drug-likeness (QED) is 0.591. The van der Waals surface area contributed by atoms with Crippen LogP contribution in [-0.4, -0.2) is 23.3 Å². The number of esters is 1. The lowest BCUT2D eigenvalue weighted by molar-refractivity contribution is -0.147. The van der Waals surface area contributed by atoms with Crippen LogP contribution in [-0.2, 0) is 9.53 Å². The van der Waals surface area contributed by atoms with E-state index >= 15 is 0 Å². The van der Waals surface area contributed by atoms with Gasteiger partial charge in [0.1, 0.15) is 12.2 Å². The van der Waals surface area contributed by atoms with Crippen molar-refractivity contribution in [2.45, 2.75) is 59.7 Å². The first-order valence-electron chi connectivity index (χ1n) is 7.44. The van der Waals surface area contributed by atoms with Crippen LogP contribution in [0, 0.1) is 17.3 Å². The van der Waals surface area contributed by atoms with E-state index in [2.05, 4.69) is 19.9 Å². The van der Waals surface area contributed by atoms with E-state index in [0.717, 1.165) is 18.4 Å². The summed E-state index contributed by atoms with van der Waals surface area (Å²) in [6.07, 6.45) is 4.93. The summed E-state index contributed by atoms with van der Waals surface area (Å²) in [6, 6.07) is 0. The Morgan fingerprint density at radius 3 is 2.60 bits per heavy atom. The zero-order valence-corrected chi connectivity index (χ0v) is 13.1. The van der Waals surface area contributed by atoms with Gasteiger partial charge in [-0.25, -0.2) is 0 Å². The molecule has 3 heteroatoms. The van der Waals surface area contributed by atoms with Gasteiger partial charge in [0.2, 0.25) is 0 Å². The van der Waals surface area contributed by atoms with Gasteiger partial charge < -0.3 is 9.84 Å². The molecule has 0 aromatic rings. The Labute approximate surface area is 121 Å². The molecule has 0 unspecified atom stereocenters. The molecule has 1 fully saturated rings.